The summed E-state index contributed by atoms with van der Waals surface area (Å²) in [6, 6.07) is 11.9. The third kappa shape index (κ3) is 3.28. The maximum atomic E-state index is 12.4. The van der Waals surface area contributed by atoms with Gasteiger partial charge in [-0.15, -0.1) is 0 Å². The molecule has 0 saturated carbocycles. The number of alkyl halides is 1. The minimum Gasteiger partial charge on any atom is -0.322 e. The Morgan fingerprint density at radius 2 is 1.60 bits per heavy atom. The molecule has 0 bridgehead atoms. The number of aryl methyl sites for hydroxylation is 3. The van der Waals surface area contributed by atoms with Crippen LogP contribution in [-0.4, -0.2) is 5.91 Å². The van der Waals surface area contributed by atoms with E-state index >= 15 is 0 Å². The third-order valence-corrected chi connectivity index (χ3v) is 3.92. The summed E-state index contributed by atoms with van der Waals surface area (Å²) in [4.78, 5) is 12.4. The fraction of sp³-hybridized carbons (Fsp3) is 0.235. The third-order valence-electron chi connectivity index (χ3n) is 3.27. The Hall–Kier alpha value is -1.61. The van der Waals surface area contributed by atoms with E-state index in [4.69, 9.17) is 0 Å². The van der Waals surface area contributed by atoms with Crippen molar-refractivity contribution in [3.8, 4) is 0 Å². The molecule has 2 rings (SSSR count). The Labute approximate surface area is 128 Å². The van der Waals surface area contributed by atoms with Crippen molar-refractivity contribution in [1.82, 2.24) is 0 Å². The van der Waals surface area contributed by atoms with Crippen molar-refractivity contribution in [1.29, 1.82) is 0 Å². The van der Waals surface area contributed by atoms with Crippen LogP contribution in [0.4, 0.5) is 5.69 Å². The van der Waals surface area contributed by atoms with Crippen molar-refractivity contribution in [3.05, 3.63) is 64.2 Å². The van der Waals surface area contributed by atoms with Crippen molar-refractivity contribution in [3.63, 3.8) is 0 Å². The van der Waals surface area contributed by atoms with Crippen LogP contribution in [0.15, 0.2) is 36.4 Å². The molecule has 0 atom stereocenters. The Bertz CT molecular complexity index is 609. The molecule has 0 heterocycles. The molecule has 1 N–H and O–H groups in total. The molecule has 0 spiro atoms. The number of hydrogen-bond acceptors (Lipinski definition) is 1. The molecule has 0 aliphatic heterocycles. The van der Waals surface area contributed by atoms with Crippen LogP contribution >= 0.6 is 15.9 Å². The molecule has 0 fully saturated rings. The lowest BCUT2D eigenvalue weighted by Crippen LogP contribution is -2.15. The average Bonchev–Trinajstić information content (AvgIpc) is 2.38. The summed E-state index contributed by atoms with van der Waals surface area (Å²) in [5.74, 6) is -0.0495. The van der Waals surface area contributed by atoms with Crippen molar-refractivity contribution in [2.45, 2.75) is 26.1 Å². The van der Waals surface area contributed by atoms with Crippen LogP contribution in [0.2, 0.25) is 0 Å². The van der Waals surface area contributed by atoms with Crippen LogP contribution in [0.25, 0.3) is 0 Å². The summed E-state index contributed by atoms with van der Waals surface area (Å²) in [5.41, 5.74) is 5.97. The number of rotatable bonds is 3. The van der Waals surface area contributed by atoms with Crippen molar-refractivity contribution in [2.24, 2.45) is 0 Å². The van der Waals surface area contributed by atoms with Crippen LogP contribution in [0.3, 0.4) is 0 Å². The smallest absolute Gasteiger partial charge is 0.256 e. The first-order valence-corrected chi connectivity index (χ1v) is 7.67. The molecule has 104 valence electrons. The second-order valence-corrected chi connectivity index (χ2v) is 5.62. The van der Waals surface area contributed by atoms with Gasteiger partial charge in [0.25, 0.3) is 5.91 Å². The summed E-state index contributed by atoms with van der Waals surface area (Å²) in [5, 5.41) is 3.77. The molecule has 0 unspecified atom stereocenters. The lowest BCUT2D eigenvalue weighted by molar-refractivity contribution is 0.102. The van der Waals surface area contributed by atoms with E-state index in [9.17, 15) is 4.79 Å². The maximum absolute atomic E-state index is 12.4. The van der Waals surface area contributed by atoms with Gasteiger partial charge in [0.15, 0.2) is 0 Å². The van der Waals surface area contributed by atoms with Crippen molar-refractivity contribution in [2.75, 3.05) is 5.32 Å². The zero-order valence-electron chi connectivity index (χ0n) is 12.0. The summed E-state index contributed by atoms with van der Waals surface area (Å²) in [6.45, 7) is 5.99. The minimum atomic E-state index is -0.0495. The molecule has 0 saturated heterocycles. The van der Waals surface area contributed by atoms with E-state index in [-0.39, 0.29) is 5.91 Å². The van der Waals surface area contributed by atoms with Crippen LogP contribution in [0.1, 0.15) is 32.6 Å². The van der Waals surface area contributed by atoms with Crippen molar-refractivity contribution < 1.29 is 4.79 Å². The van der Waals surface area contributed by atoms with Gasteiger partial charge in [-0.1, -0.05) is 45.8 Å². The largest absolute Gasteiger partial charge is 0.322 e. The minimum absolute atomic E-state index is 0.0495. The Balaban J connectivity index is 2.23. The monoisotopic (exact) mass is 331 g/mol. The highest BCUT2D eigenvalue weighted by Crippen LogP contribution is 2.19. The number of amides is 1. The number of anilines is 1. The van der Waals surface area contributed by atoms with E-state index in [1.165, 1.54) is 11.1 Å². The molecule has 20 heavy (non-hydrogen) atoms. The number of benzene rings is 2. The van der Waals surface area contributed by atoms with Gasteiger partial charge in [-0.3, -0.25) is 4.79 Å². The van der Waals surface area contributed by atoms with Gasteiger partial charge in [-0.2, -0.15) is 0 Å². The molecule has 2 aromatic rings. The highest BCUT2D eigenvalue weighted by Gasteiger charge is 2.12. The summed E-state index contributed by atoms with van der Waals surface area (Å²) in [7, 11) is 0. The van der Waals surface area contributed by atoms with Gasteiger partial charge in [0.2, 0.25) is 0 Å². The van der Waals surface area contributed by atoms with Gasteiger partial charge in [0, 0.05) is 16.6 Å². The van der Waals surface area contributed by atoms with E-state index in [1.54, 1.807) is 0 Å². The van der Waals surface area contributed by atoms with E-state index < -0.39 is 0 Å². The van der Waals surface area contributed by atoms with Gasteiger partial charge >= 0.3 is 0 Å². The molecule has 0 aliphatic carbocycles. The van der Waals surface area contributed by atoms with E-state index in [2.05, 4.69) is 21.2 Å². The first-order chi connectivity index (χ1) is 9.51. The highest BCUT2D eigenvalue weighted by atomic mass is 79.9. The SMILES string of the molecule is Cc1cc(C)c(C(=O)Nc2ccc(CBr)cc2)c(C)c1. The van der Waals surface area contributed by atoms with Gasteiger partial charge in [-0.05, 0) is 49.6 Å². The first-order valence-electron chi connectivity index (χ1n) is 6.55. The molecule has 2 aromatic carbocycles. The lowest BCUT2D eigenvalue weighted by atomic mass is 9.99. The number of carbonyl (C=O) groups is 1. The summed E-state index contributed by atoms with van der Waals surface area (Å²) in [6.07, 6.45) is 0. The molecular formula is C17H18BrNO. The van der Waals surface area contributed by atoms with Gasteiger partial charge < -0.3 is 5.32 Å². The molecule has 0 aromatic heterocycles. The predicted octanol–water partition coefficient (Wildman–Crippen LogP) is 4.76. The van der Waals surface area contributed by atoms with Crippen molar-refractivity contribution >= 4 is 27.5 Å². The number of hydrogen-bond donors (Lipinski definition) is 1. The lowest BCUT2D eigenvalue weighted by Gasteiger charge is -2.12. The Morgan fingerprint density at radius 3 is 2.10 bits per heavy atom. The highest BCUT2D eigenvalue weighted by molar-refractivity contribution is 9.08. The van der Waals surface area contributed by atoms with Gasteiger partial charge in [0.05, 0.1) is 0 Å². The van der Waals surface area contributed by atoms with Crippen LogP contribution in [0, 0.1) is 20.8 Å². The van der Waals surface area contributed by atoms with Gasteiger partial charge in [0.1, 0.15) is 0 Å². The topological polar surface area (TPSA) is 29.1 Å². The van der Waals surface area contributed by atoms with E-state index in [0.717, 1.165) is 27.7 Å². The van der Waals surface area contributed by atoms with E-state index in [1.807, 2.05) is 57.2 Å². The molecule has 0 aliphatic rings. The Morgan fingerprint density at radius 1 is 1.05 bits per heavy atom. The predicted molar refractivity (Wildman–Crippen MR) is 87.7 cm³/mol. The zero-order chi connectivity index (χ0) is 14.7. The number of halogens is 1. The maximum Gasteiger partial charge on any atom is 0.256 e. The second kappa shape index (κ2) is 6.23. The van der Waals surface area contributed by atoms with Crippen LogP contribution < -0.4 is 5.32 Å². The van der Waals surface area contributed by atoms with Gasteiger partial charge in [-0.25, -0.2) is 0 Å². The number of nitrogens with one attached hydrogen (secondary N) is 1. The molecule has 2 nitrogen and oxygen atoms in total. The molecule has 0 radical (unpaired) electrons. The zero-order valence-corrected chi connectivity index (χ0v) is 13.5. The summed E-state index contributed by atoms with van der Waals surface area (Å²) >= 11 is 3.41. The number of carbonyl (C=O) groups excluding carboxylic acids is 1. The van der Waals surface area contributed by atoms with Crippen LogP contribution in [-0.2, 0) is 5.33 Å². The molecular weight excluding hydrogens is 314 g/mol. The average molecular weight is 332 g/mol. The molecule has 1 amide bonds. The first kappa shape index (κ1) is 14.8. The standard InChI is InChI=1S/C17H18BrNO/c1-11-8-12(2)16(13(3)9-11)17(20)19-15-6-4-14(10-18)5-7-15/h4-9H,10H2,1-3H3,(H,19,20). The normalized spacial score (nSPS) is 10.4. The fourth-order valence-corrected chi connectivity index (χ4v) is 2.78. The van der Waals surface area contributed by atoms with E-state index in [0.29, 0.717) is 0 Å². The second-order valence-electron chi connectivity index (χ2n) is 5.06. The fourth-order valence-electron chi connectivity index (χ4n) is 2.41. The quantitative estimate of drug-likeness (QED) is 0.807. The van der Waals surface area contributed by atoms with Crippen LogP contribution in [0.5, 0.6) is 0 Å². The molecule has 3 heteroatoms. The Kier molecular flexibility index (Phi) is 4.61. The summed E-state index contributed by atoms with van der Waals surface area (Å²) < 4.78 is 0.